The summed E-state index contributed by atoms with van der Waals surface area (Å²) in [6.07, 6.45) is 4.54. The van der Waals surface area contributed by atoms with Gasteiger partial charge in [0.2, 0.25) is 0 Å². The SMILES string of the molecule is CN(C(=O)C(O)c1nc(C(Cl)(Cl)Cl)ns1)C1=CCCCC1. The molecule has 5 nitrogen and oxygen atoms in total. The Bertz CT molecular complexity index is 556. The summed E-state index contributed by atoms with van der Waals surface area (Å²) in [5, 5.41) is 10.2. The number of likely N-dealkylation sites (N-methyl/N-ethyl adjacent to an activating group) is 1. The molecule has 1 aromatic heterocycles. The normalized spacial score (nSPS) is 17.3. The van der Waals surface area contributed by atoms with Crippen LogP contribution in [0.5, 0.6) is 0 Å². The van der Waals surface area contributed by atoms with Gasteiger partial charge in [-0.1, -0.05) is 40.9 Å². The summed E-state index contributed by atoms with van der Waals surface area (Å²) in [4.78, 5) is 17.7. The highest BCUT2D eigenvalue weighted by Crippen LogP contribution is 2.37. The van der Waals surface area contributed by atoms with Crippen molar-refractivity contribution in [3.63, 3.8) is 0 Å². The number of amides is 1. The average molecular weight is 371 g/mol. The summed E-state index contributed by atoms with van der Waals surface area (Å²) in [5.41, 5.74) is 0.913. The Morgan fingerprint density at radius 3 is 2.71 bits per heavy atom. The minimum atomic E-state index is -1.77. The van der Waals surface area contributed by atoms with Gasteiger partial charge in [0.1, 0.15) is 0 Å². The van der Waals surface area contributed by atoms with E-state index in [1.165, 1.54) is 4.90 Å². The van der Waals surface area contributed by atoms with Gasteiger partial charge in [-0.05, 0) is 37.2 Å². The third kappa shape index (κ3) is 4.07. The summed E-state index contributed by atoms with van der Waals surface area (Å²) in [6, 6.07) is 0. The van der Waals surface area contributed by atoms with E-state index < -0.39 is 15.8 Å². The second-order valence-electron chi connectivity index (χ2n) is 4.70. The number of hydrogen-bond donors (Lipinski definition) is 1. The molecule has 116 valence electrons. The highest BCUT2D eigenvalue weighted by atomic mass is 35.6. The van der Waals surface area contributed by atoms with Gasteiger partial charge in [-0.2, -0.15) is 4.37 Å². The molecule has 1 aromatic rings. The summed E-state index contributed by atoms with van der Waals surface area (Å²) in [5.74, 6) is -0.506. The Labute approximate surface area is 141 Å². The van der Waals surface area contributed by atoms with Gasteiger partial charge in [0.15, 0.2) is 16.9 Å². The molecule has 1 heterocycles. The number of allylic oxidation sites excluding steroid dienone is 2. The van der Waals surface area contributed by atoms with Crippen molar-refractivity contribution in [3.8, 4) is 0 Å². The summed E-state index contributed by atoms with van der Waals surface area (Å²) >= 11 is 17.8. The van der Waals surface area contributed by atoms with Gasteiger partial charge >= 0.3 is 0 Å². The quantitative estimate of drug-likeness (QED) is 0.829. The van der Waals surface area contributed by atoms with E-state index in [-0.39, 0.29) is 10.8 Å². The van der Waals surface area contributed by atoms with Crippen molar-refractivity contribution in [2.24, 2.45) is 0 Å². The number of nitrogens with zero attached hydrogens (tertiary/aromatic N) is 3. The number of halogens is 3. The van der Waals surface area contributed by atoms with Crippen LogP contribution in [0.3, 0.4) is 0 Å². The van der Waals surface area contributed by atoms with E-state index in [4.69, 9.17) is 34.8 Å². The highest BCUT2D eigenvalue weighted by Gasteiger charge is 2.32. The van der Waals surface area contributed by atoms with E-state index in [0.717, 1.165) is 42.9 Å². The monoisotopic (exact) mass is 369 g/mol. The van der Waals surface area contributed by atoms with E-state index in [9.17, 15) is 9.90 Å². The molecule has 0 bridgehead atoms. The number of rotatable bonds is 3. The van der Waals surface area contributed by atoms with Crippen molar-refractivity contribution in [2.75, 3.05) is 7.05 Å². The molecule has 1 amide bonds. The van der Waals surface area contributed by atoms with Crippen molar-refractivity contribution in [2.45, 2.75) is 35.6 Å². The maximum atomic E-state index is 12.3. The van der Waals surface area contributed by atoms with E-state index in [0.29, 0.717) is 0 Å². The molecule has 21 heavy (non-hydrogen) atoms. The van der Waals surface area contributed by atoms with Crippen molar-refractivity contribution in [1.82, 2.24) is 14.3 Å². The maximum absolute atomic E-state index is 12.3. The number of carbonyl (C=O) groups excluding carboxylic acids is 1. The van der Waals surface area contributed by atoms with Crippen LogP contribution in [0.1, 0.15) is 42.6 Å². The number of aromatic nitrogens is 2. The van der Waals surface area contributed by atoms with Gasteiger partial charge < -0.3 is 10.0 Å². The standard InChI is InChI=1S/C12H14Cl3N3O2S/c1-18(7-5-3-2-4-6-7)10(20)8(19)9-16-11(17-21-9)12(13,14)15/h5,8,19H,2-4,6H2,1H3. The van der Waals surface area contributed by atoms with Crippen molar-refractivity contribution >= 4 is 52.2 Å². The molecule has 1 N–H and O–H groups in total. The molecule has 0 saturated heterocycles. The Kier molecular flexibility index (Phi) is 5.48. The Hall–Kier alpha value is -0.400. The third-order valence-corrected chi connectivity index (χ3v) is 4.46. The van der Waals surface area contributed by atoms with Crippen molar-refractivity contribution in [3.05, 3.63) is 22.6 Å². The van der Waals surface area contributed by atoms with E-state index in [1.54, 1.807) is 7.05 Å². The Morgan fingerprint density at radius 2 is 2.19 bits per heavy atom. The minimum Gasteiger partial charge on any atom is -0.376 e. The fraction of sp³-hybridized carbons (Fsp3) is 0.583. The van der Waals surface area contributed by atoms with E-state index in [1.807, 2.05) is 6.08 Å². The smallest absolute Gasteiger partial charge is 0.262 e. The second kappa shape index (κ2) is 6.79. The van der Waals surface area contributed by atoms with Crippen LogP contribution in [0.2, 0.25) is 0 Å². The topological polar surface area (TPSA) is 66.3 Å². The van der Waals surface area contributed by atoms with Gasteiger partial charge in [-0.25, -0.2) is 4.98 Å². The molecular formula is C12H14Cl3N3O2S. The van der Waals surface area contributed by atoms with E-state index in [2.05, 4.69) is 9.36 Å². The van der Waals surface area contributed by atoms with Crippen LogP contribution in [-0.2, 0) is 8.59 Å². The van der Waals surface area contributed by atoms with Crippen LogP contribution in [0.15, 0.2) is 11.8 Å². The van der Waals surface area contributed by atoms with E-state index >= 15 is 0 Å². The first-order valence-electron chi connectivity index (χ1n) is 6.36. The molecule has 9 heteroatoms. The fourth-order valence-electron chi connectivity index (χ4n) is 2.02. The second-order valence-corrected chi connectivity index (χ2v) is 7.76. The number of carbonyl (C=O) groups is 1. The number of aliphatic hydroxyl groups excluding tert-OH is 1. The van der Waals surface area contributed by atoms with Crippen LogP contribution in [-0.4, -0.2) is 32.3 Å². The molecule has 1 unspecified atom stereocenters. The predicted octanol–water partition coefficient (Wildman–Crippen LogP) is 3.31. The third-order valence-electron chi connectivity index (χ3n) is 3.19. The van der Waals surface area contributed by atoms with Gasteiger partial charge in [-0.15, -0.1) is 0 Å². The van der Waals surface area contributed by atoms with Gasteiger partial charge in [-0.3, -0.25) is 4.79 Å². The zero-order chi connectivity index (χ0) is 15.6. The zero-order valence-corrected chi connectivity index (χ0v) is 14.3. The fourth-order valence-corrected chi connectivity index (χ4v) is 3.11. The summed E-state index contributed by atoms with van der Waals surface area (Å²) in [7, 11) is 1.64. The lowest BCUT2D eigenvalue weighted by molar-refractivity contribution is -0.137. The first-order valence-corrected chi connectivity index (χ1v) is 8.27. The van der Waals surface area contributed by atoms with Crippen LogP contribution in [0, 0.1) is 0 Å². The molecular weight excluding hydrogens is 357 g/mol. The highest BCUT2D eigenvalue weighted by molar-refractivity contribution is 7.05. The average Bonchev–Trinajstić information content (AvgIpc) is 2.95. The van der Waals surface area contributed by atoms with Crippen LogP contribution in [0.25, 0.3) is 0 Å². The molecule has 2 rings (SSSR count). The number of aliphatic hydroxyl groups is 1. The van der Waals surface area contributed by atoms with Crippen LogP contribution in [0.4, 0.5) is 0 Å². The van der Waals surface area contributed by atoms with Gasteiger partial charge in [0.25, 0.3) is 9.70 Å². The minimum absolute atomic E-state index is 0.0427. The van der Waals surface area contributed by atoms with Gasteiger partial charge in [0.05, 0.1) is 0 Å². The molecule has 1 aliphatic rings. The first-order chi connectivity index (χ1) is 9.80. The largest absolute Gasteiger partial charge is 0.376 e. The predicted molar refractivity (Wildman–Crippen MR) is 83.4 cm³/mol. The molecule has 0 saturated carbocycles. The molecule has 0 fully saturated rings. The molecule has 0 radical (unpaired) electrons. The van der Waals surface area contributed by atoms with Gasteiger partial charge in [0, 0.05) is 12.7 Å². The number of hydrogen-bond acceptors (Lipinski definition) is 5. The number of alkyl halides is 3. The molecule has 0 aromatic carbocycles. The Morgan fingerprint density at radius 1 is 1.48 bits per heavy atom. The molecule has 0 spiro atoms. The lowest BCUT2D eigenvalue weighted by Gasteiger charge is -2.25. The van der Waals surface area contributed by atoms with Crippen LogP contribution < -0.4 is 0 Å². The summed E-state index contributed by atoms with van der Waals surface area (Å²) < 4.78 is 2.08. The van der Waals surface area contributed by atoms with Crippen molar-refractivity contribution in [1.29, 1.82) is 0 Å². The maximum Gasteiger partial charge on any atom is 0.262 e. The lowest BCUT2D eigenvalue weighted by atomic mass is 10.0. The molecule has 1 aliphatic carbocycles. The first kappa shape index (κ1) is 17.0. The zero-order valence-electron chi connectivity index (χ0n) is 11.2. The van der Waals surface area contributed by atoms with Crippen LogP contribution >= 0.6 is 46.3 Å². The molecule has 0 aliphatic heterocycles. The Balaban J connectivity index is 2.11. The lowest BCUT2D eigenvalue weighted by Crippen LogP contribution is -2.31. The van der Waals surface area contributed by atoms with Crippen molar-refractivity contribution < 1.29 is 9.90 Å². The molecule has 1 atom stereocenters. The summed E-state index contributed by atoms with van der Waals surface area (Å²) in [6.45, 7) is 0.